The SMILES string of the molecule is CCc1cccc(C)c1NC(=O)/C(C#N)=C\Nc1ccccc1C(C)CC. The predicted molar refractivity (Wildman–Crippen MR) is 112 cm³/mol. The Morgan fingerprint density at radius 1 is 1.19 bits per heavy atom. The Kier molecular flexibility index (Phi) is 7.19. The van der Waals surface area contributed by atoms with Crippen LogP contribution in [0.5, 0.6) is 0 Å². The maximum Gasteiger partial charge on any atom is 0.267 e. The second kappa shape index (κ2) is 9.59. The third-order valence-electron chi connectivity index (χ3n) is 4.82. The molecule has 4 nitrogen and oxygen atoms in total. The Labute approximate surface area is 161 Å². The largest absolute Gasteiger partial charge is 0.360 e. The molecule has 1 unspecified atom stereocenters. The molecule has 2 aromatic rings. The lowest BCUT2D eigenvalue weighted by molar-refractivity contribution is -0.112. The van der Waals surface area contributed by atoms with E-state index in [1.165, 1.54) is 11.8 Å². The summed E-state index contributed by atoms with van der Waals surface area (Å²) in [6.45, 7) is 8.29. The van der Waals surface area contributed by atoms with Crippen LogP contribution >= 0.6 is 0 Å². The molecule has 0 aliphatic carbocycles. The number of anilines is 2. The minimum Gasteiger partial charge on any atom is -0.360 e. The zero-order valence-electron chi connectivity index (χ0n) is 16.5. The molecule has 0 aromatic heterocycles. The smallest absolute Gasteiger partial charge is 0.267 e. The summed E-state index contributed by atoms with van der Waals surface area (Å²) in [6.07, 6.45) is 3.31. The van der Waals surface area contributed by atoms with E-state index < -0.39 is 5.91 Å². The van der Waals surface area contributed by atoms with Crippen LogP contribution in [0, 0.1) is 18.3 Å². The molecule has 0 saturated heterocycles. The van der Waals surface area contributed by atoms with Crippen LogP contribution in [0.3, 0.4) is 0 Å². The van der Waals surface area contributed by atoms with Gasteiger partial charge in [0, 0.05) is 17.6 Å². The van der Waals surface area contributed by atoms with E-state index in [9.17, 15) is 10.1 Å². The third-order valence-corrected chi connectivity index (χ3v) is 4.82. The van der Waals surface area contributed by atoms with Crippen molar-refractivity contribution in [3.63, 3.8) is 0 Å². The summed E-state index contributed by atoms with van der Waals surface area (Å²) in [5, 5.41) is 15.5. The fourth-order valence-corrected chi connectivity index (χ4v) is 2.96. The molecule has 2 N–H and O–H groups in total. The average molecular weight is 361 g/mol. The van der Waals surface area contributed by atoms with Crippen LogP contribution in [-0.2, 0) is 11.2 Å². The Bertz CT molecular complexity index is 877. The normalized spacial score (nSPS) is 12.2. The highest BCUT2D eigenvalue weighted by atomic mass is 16.1. The monoisotopic (exact) mass is 361 g/mol. The molecule has 4 heteroatoms. The average Bonchev–Trinajstić information content (AvgIpc) is 2.69. The zero-order chi connectivity index (χ0) is 19.8. The first-order valence-corrected chi connectivity index (χ1v) is 9.37. The van der Waals surface area contributed by atoms with Crippen LogP contribution in [0.25, 0.3) is 0 Å². The summed E-state index contributed by atoms with van der Waals surface area (Å²) in [6, 6.07) is 15.9. The summed E-state index contributed by atoms with van der Waals surface area (Å²) in [7, 11) is 0. The van der Waals surface area contributed by atoms with Crippen LogP contribution in [0.1, 0.15) is 49.8 Å². The van der Waals surface area contributed by atoms with Gasteiger partial charge in [0.05, 0.1) is 0 Å². The van der Waals surface area contributed by atoms with Crippen molar-refractivity contribution < 1.29 is 4.79 Å². The molecule has 0 spiro atoms. The molecule has 0 heterocycles. The van der Waals surface area contributed by atoms with Gasteiger partial charge in [0.1, 0.15) is 11.6 Å². The third kappa shape index (κ3) is 4.98. The van der Waals surface area contributed by atoms with Gasteiger partial charge in [-0.3, -0.25) is 4.79 Å². The lowest BCUT2D eigenvalue weighted by Gasteiger charge is -2.15. The van der Waals surface area contributed by atoms with Gasteiger partial charge in [0.25, 0.3) is 5.91 Å². The zero-order valence-corrected chi connectivity index (χ0v) is 16.5. The molecule has 2 aromatic carbocycles. The van der Waals surface area contributed by atoms with Crippen molar-refractivity contribution in [3.8, 4) is 6.07 Å². The van der Waals surface area contributed by atoms with Gasteiger partial charge in [-0.15, -0.1) is 0 Å². The number of nitrogens with zero attached hydrogens (tertiary/aromatic N) is 1. The van der Waals surface area contributed by atoms with Crippen molar-refractivity contribution in [3.05, 3.63) is 70.9 Å². The fourth-order valence-electron chi connectivity index (χ4n) is 2.96. The highest BCUT2D eigenvalue weighted by Crippen LogP contribution is 2.27. The van der Waals surface area contributed by atoms with Crippen LogP contribution in [0.2, 0.25) is 0 Å². The Morgan fingerprint density at radius 2 is 1.93 bits per heavy atom. The van der Waals surface area contributed by atoms with Gasteiger partial charge in [0.2, 0.25) is 0 Å². The van der Waals surface area contributed by atoms with Gasteiger partial charge >= 0.3 is 0 Å². The standard InChI is InChI=1S/C23H27N3O/c1-5-16(3)20-12-7-8-13-21(20)25-15-19(14-24)23(27)26-22-17(4)10-9-11-18(22)6-2/h7-13,15-16,25H,5-6H2,1-4H3,(H,26,27)/b19-15-. The molecule has 140 valence electrons. The maximum absolute atomic E-state index is 12.6. The van der Waals surface area contributed by atoms with E-state index in [4.69, 9.17) is 0 Å². The quantitative estimate of drug-likeness (QED) is 0.503. The first kappa shape index (κ1) is 20.3. The van der Waals surface area contributed by atoms with Crippen molar-refractivity contribution in [1.29, 1.82) is 5.26 Å². The minimum absolute atomic E-state index is 0.0410. The van der Waals surface area contributed by atoms with Crippen molar-refractivity contribution in [1.82, 2.24) is 0 Å². The van der Waals surface area contributed by atoms with Gasteiger partial charge in [0.15, 0.2) is 0 Å². The van der Waals surface area contributed by atoms with E-state index in [1.54, 1.807) is 0 Å². The molecule has 0 aliphatic heterocycles. The van der Waals surface area contributed by atoms with Crippen molar-refractivity contribution >= 4 is 17.3 Å². The summed E-state index contributed by atoms with van der Waals surface area (Å²) < 4.78 is 0. The molecule has 0 saturated carbocycles. The number of carbonyl (C=O) groups is 1. The van der Waals surface area contributed by atoms with Crippen LogP contribution in [0.15, 0.2) is 54.2 Å². The summed E-state index contributed by atoms with van der Waals surface area (Å²) in [4.78, 5) is 12.6. The van der Waals surface area contributed by atoms with E-state index in [0.29, 0.717) is 5.92 Å². The minimum atomic E-state index is -0.407. The van der Waals surface area contributed by atoms with E-state index in [2.05, 4.69) is 30.5 Å². The number of carbonyl (C=O) groups excluding carboxylic acids is 1. The van der Waals surface area contributed by atoms with Crippen molar-refractivity contribution in [2.24, 2.45) is 0 Å². The number of aryl methyl sites for hydroxylation is 2. The molecule has 27 heavy (non-hydrogen) atoms. The lowest BCUT2D eigenvalue weighted by atomic mass is 9.97. The summed E-state index contributed by atoms with van der Waals surface area (Å²) in [5.74, 6) is -0.0180. The number of nitriles is 1. The first-order chi connectivity index (χ1) is 13.0. The summed E-state index contributed by atoms with van der Waals surface area (Å²) in [5.41, 5.74) is 4.94. The van der Waals surface area contributed by atoms with Gasteiger partial charge in [-0.25, -0.2) is 0 Å². The number of benzene rings is 2. The number of rotatable bonds is 7. The van der Waals surface area contributed by atoms with Gasteiger partial charge in [-0.05, 0) is 48.4 Å². The highest BCUT2D eigenvalue weighted by Gasteiger charge is 2.14. The predicted octanol–water partition coefficient (Wildman–Crippen LogP) is 5.53. The molecule has 1 amide bonds. The Morgan fingerprint density at radius 3 is 2.59 bits per heavy atom. The molecule has 0 fully saturated rings. The Balaban J connectivity index is 2.23. The Hall–Kier alpha value is -3.06. The first-order valence-electron chi connectivity index (χ1n) is 9.37. The van der Waals surface area contributed by atoms with Crippen molar-refractivity contribution in [2.45, 2.75) is 46.5 Å². The molecule has 1 atom stereocenters. The second-order valence-electron chi connectivity index (χ2n) is 6.63. The van der Waals surface area contributed by atoms with E-state index in [1.807, 2.05) is 56.3 Å². The van der Waals surface area contributed by atoms with Gasteiger partial charge < -0.3 is 10.6 Å². The number of hydrogen-bond donors (Lipinski definition) is 2. The topological polar surface area (TPSA) is 64.9 Å². The van der Waals surface area contributed by atoms with Crippen LogP contribution in [-0.4, -0.2) is 5.91 Å². The number of amides is 1. The number of para-hydroxylation sites is 2. The fraction of sp³-hybridized carbons (Fsp3) is 0.304. The number of nitrogens with one attached hydrogen (secondary N) is 2. The molecule has 0 aliphatic rings. The molecule has 0 radical (unpaired) electrons. The van der Waals surface area contributed by atoms with Gasteiger partial charge in [-0.2, -0.15) is 5.26 Å². The van der Waals surface area contributed by atoms with E-state index >= 15 is 0 Å². The van der Waals surface area contributed by atoms with Crippen molar-refractivity contribution in [2.75, 3.05) is 10.6 Å². The summed E-state index contributed by atoms with van der Waals surface area (Å²) >= 11 is 0. The van der Waals surface area contributed by atoms with Crippen LogP contribution < -0.4 is 10.6 Å². The second-order valence-corrected chi connectivity index (χ2v) is 6.63. The molecular weight excluding hydrogens is 334 g/mol. The van der Waals surface area contributed by atoms with E-state index in [0.717, 1.165) is 35.3 Å². The highest BCUT2D eigenvalue weighted by molar-refractivity contribution is 6.07. The number of hydrogen-bond acceptors (Lipinski definition) is 3. The van der Waals surface area contributed by atoms with Gasteiger partial charge in [-0.1, -0.05) is 57.2 Å². The molecule has 0 bridgehead atoms. The molecule has 2 rings (SSSR count). The lowest BCUT2D eigenvalue weighted by Crippen LogP contribution is -2.16. The van der Waals surface area contributed by atoms with Crippen LogP contribution in [0.4, 0.5) is 11.4 Å². The molecular formula is C23H27N3O. The maximum atomic E-state index is 12.6. The van der Waals surface area contributed by atoms with E-state index in [-0.39, 0.29) is 5.57 Å².